The van der Waals surface area contributed by atoms with Crippen molar-refractivity contribution in [3.8, 4) is 5.75 Å². The molecule has 1 fully saturated rings. The molecule has 0 bridgehead atoms. The second kappa shape index (κ2) is 4.95. The minimum Gasteiger partial charge on any atom is -0.491 e. The minimum atomic E-state index is -1.02. The number of aromatic nitrogens is 1. The van der Waals surface area contributed by atoms with Crippen molar-refractivity contribution >= 4 is 10.8 Å². The molecular weight excluding hydrogens is 222 g/mol. The van der Waals surface area contributed by atoms with Crippen molar-refractivity contribution < 1.29 is 8.95 Å². The Hall–Kier alpha value is -0.900. The molecule has 1 aliphatic rings. The highest BCUT2D eigenvalue weighted by atomic mass is 32.2. The number of hydrogen-bond acceptors (Lipinski definition) is 3. The molecule has 1 aromatic heterocycles. The molecule has 0 amide bonds. The van der Waals surface area contributed by atoms with E-state index in [2.05, 4.69) is 4.98 Å². The Bertz CT molecular complexity index is 402. The van der Waals surface area contributed by atoms with Gasteiger partial charge >= 0.3 is 0 Å². The standard InChI is InChI=1S/C12H17NO2S/c1-3-10-11(15-8-9-4-5-9)6-7-12(13-10)16(2)14/h6-7,9H,3-5,8H2,1-2H3. The van der Waals surface area contributed by atoms with Gasteiger partial charge in [0.2, 0.25) is 0 Å². The molecule has 3 nitrogen and oxygen atoms in total. The predicted molar refractivity (Wildman–Crippen MR) is 64.2 cm³/mol. The molecule has 16 heavy (non-hydrogen) atoms. The normalized spacial score (nSPS) is 17.1. The molecule has 1 aromatic rings. The zero-order valence-electron chi connectivity index (χ0n) is 9.73. The highest BCUT2D eigenvalue weighted by Crippen LogP contribution is 2.30. The van der Waals surface area contributed by atoms with Crippen LogP contribution in [0, 0.1) is 5.92 Å². The van der Waals surface area contributed by atoms with Crippen LogP contribution in [0.25, 0.3) is 0 Å². The fraction of sp³-hybridized carbons (Fsp3) is 0.583. The molecule has 0 saturated heterocycles. The third-order valence-electron chi connectivity index (χ3n) is 2.71. The first-order valence-electron chi connectivity index (χ1n) is 5.67. The summed E-state index contributed by atoms with van der Waals surface area (Å²) in [7, 11) is -1.02. The maximum atomic E-state index is 11.3. The maximum absolute atomic E-state index is 11.3. The molecule has 0 N–H and O–H groups in total. The SMILES string of the molecule is CCc1nc(S(C)=O)ccc1OCC1CC1. The van der Waals surface area contributed by atoms with Crippen molar-refractivity contribution in [2.75, 3.05) is 12.9 Å². The van der Waals surface area contributed by atoms with E-state index in [1.807, 2.05) is 13.0 Å². The average Bonchev–Trinajstić information content (AvgIpc) is 3.09. The summed E-state index contributed by atoms with van der Waals surface area (Å²) in [5.74, 6) is 1.59. The van der Waals surface area contributed by atoms with E-state index in [1.165, 1.54) is 12.8 Å². The van der Waals surface area contributed by atoms with Gasteiger partial charge in [-0.25, -0.2) is 4.98 Å². The van der Waals surface area contributed by atoms with Crippen LogP contribution in [0.4, 0.5) is 0 Å². The summed E-state index contributed by atoms with van der Waals surface area (Å²) in [6, 6.07) is 3.68. The monoisotopic (exact) mass is 239 g/mol. The third kappa shape index (κ3) is 2.82. The van der Waals surface area contributed by atoms with Crippen LogP contribution in [0.2, 0.25) is 0 Å². The van der Waals surface area contributed by atoms with Gasteiger partial charge in [0.15, 0.2) is 0 Å². The van der Waals surface area contributed by atoms with E-state index < -0.39 is 10.8 Å². The number of ether oxygens (including phenoxy) is 1. The summed E-state index contributed by atoms with van der Waals surface area (Å²) in [6.45, 7) is 2.83. The highest BCUT2D eigenvalue weighted by molar-refractivity contribution is 7.84. The topological polar surface area (TPSA) is 39.2 Å². The van der Waals surface area contributed by atoms with Gasteiger partial charge in [0.1, 0.15) is 10.8 Å². The van der Waals surface area contributed by atoms with Crippen LogP contribution < -0.4 is 4.74 Å². The lowest BCUT2D eigenvalue weighted by molar-refractivity contribution is 0.295. The van der Waals surface area contributed by atoms with Crippen LogP contribution >= 0.6 is 0 Å². The first-order valence-corrected chi connectivity index (χ1v) is 7.22. The summed E-state index contributed by atoms with van der Waals surface area (Å²) < 4.78 is 17.0. The van der Waals surface area contributed by atoms with E-state index >= 15 is 0 Å². The second-order valence-corrected chi connectivity index (χ2v) is 5.48. The molecule has 0 spiro atoms. The molecule has 88 valence electrons. The van der Waals surface area contributed by atoms with Gasteiger partial charge < -0.3 is 4.74 Å². The van der Waals surface area contributed by atoms with Gasteiger partial charge in [-0.1, -0.05) is 6.92 Å². The fourth-order valence-electron chi connectivity index (χ4n) is 1.51. The fourth-order valence-corrected chi connectivity index (χ4v) is 2.00. The molecule has 1 aliphatic carbocycles. The minimum absolute atomic E-state index is 0.635. The number of rotatable bonds is 5. The third-order valence-corrected chi connectivity index (χ3v) is 3.52. The van der Waals surface area contributed by atoms with E-state index in [1.54, 1.807) is 12.3 Å². The zero-order chi connectivity index (χ0) is 11.5. The smallest absolute Gasteiger partial charge is 0.140 e. The molecule has 4 heteroatoms. The van der Waals surface area contributed by atoms with E-state index in [4.69, 9.17) is 4.74 Å². The lowest BCUT2D eigenvalue weighted by Crippen LogP contribution is -2.04. The Balaban J connectivity index is 2.12. The zero-order valence-corrected chi connectivity index (χ0v) is 10.5. The van der Waals surface area contributed by atoms with E-state index in [0.717, 1.165) is 30.4 Å². The maximum Gasteiger partial charge on any atom is 0.140 e. The number of aryl methyl sites for hydroxylation is 1. The Morgan fingerprint density at radius 3 is 2.81 bits per heavy atom. The van der Waals surface area contributed by atoms with Crippen molar-refractivity contribution in [1.29, 1.82) is 0 Å². The Kier molecular flexibility index (Phi) is 3.59. The van der Waals surface area contributed by atoms with Gasteiger partial charge in [-0.15, -0.1) is 0 Å². The van der Waals surface area contributed by atoms with Gasteiger partial charge in [0, 0.05) is 6.26 Å². The van der Waals surface area contributed by atoms with Crippen molar-refractivity contribution in [3.63, 3.8) is 0 Å². The van der Waals surface area contributed by atoms with E-state index in [0.29, 0.717) is 5.03 Å². The van der Waals surface area contributed by atoms with Crippen molar-refractivity contribution in [3.05, 3.63) is 17.8 Å². The van der Waals surface area contributed by atoms with Crippen LogP contribution in [0.5, 0.6) is 5.75 Å². The van der Waals surface area contributed by atoms with E-state index in [9.17, 15) is 4.21 Å². The summed E-state index contributed by atoms with van der Waals surface area (Å²) >= 11 is 0. The van der Waals surface area contributed by atoms with Crippen LogP contribution in [-0.4, -0.2) is 22.1 Å². The molecule has 0 radical (unpaired) electrons. The van der Waals surface area contributed by atoms with Crippen molar-refractivity contribution in [2.45, 2.75) is 31.2 Å². The molecule has 2 rings (SSSR count). The van der Waals surface area contributed by atoms with Crippen LogP contribution in [-0.2, 0) is 17.2 Å². The van der Waals surface area contributed by atoms with Gasteiger partial charge in [0.05, 0.1) is 23.1 Å². The van der Waals surface area contributed by atoms with Crippen LogP contribution in [0.3, 0.4) is 0 Å². The summed E-state index contributed by atoms with van der Waals surface area (Å²) in [4.78, 5) is 4.36. The van der Waals surface area contributed by atoms with Crippen LogP contribution in [0.15, 0.2) is 17.2 Å². The average molecular weight is 239 g/mol. The lowest BCUT2D eigenvalue weighted by atomic mass is 10.2. The molecule has 1 heterocycles. The second-order valence-electron chi connectivity index (χ2n) is 4.16. The quantitative estimate of drug-likeness (QED) is 0.790. The highest BCUT2D eigenvalue weighted by Gasteiger charge is 2.22. The van der Waals surface area contributed by atoms with Gasteiger partial charge in [-0.05, 0) is 37.3 Å². The molecule has 1 atom stereocenters. The Morgan fingerprint density at radius 2 is 2.25 bits per heavy atom. The molecule has 1 saturated carbocycles. The summed E-state index contributed by atoms with van der Waals surface area (Å²) in [5.41, 5.74) is 0.911. The van der Waals surface area contributed by atoms with Crippen molar-refractivity contribution in [1.82, 2.24) is 4.98 Å². The summed E-state index contributed by atoms with van der Waals surface area (Å²) in [6.07, 6.45) is 5.02. The number of hydrogen-bond donors (Lipinski definition) is 0. The predicted octanol–water partition coefficient (Wildman–Crippen LogP) is 2.17. The number of pyridine rings is 1. The van der Waals surface area contributed by atoms with E-state index in [-0.39, 0.29) is 0 Å². The van der Waals surface area contributed by atoms with Gasteiger partial charge in [-0.2, -0.15) is 0 Å². The van der Waals surface area contributed by atoms with Gasteiger partial charge in [-0.3, -0.25) is 4.21 Å². The molecular formula is C12H17NO2S. The first kappa shape index (κ1) is 11.6. The summed E-state index contributed by atoms with van der Waals surface area (Å²) in [5, 5.41) is 0.635. The van der Waals surface area contributed by atoms with Gasteiger partial charge in [0.25, 0.3) is 0 Å². The van der Waals surface area contributed by atoms with Crippen LogP contribution in [0.1, 0.15) is 25.5 Å². The largest absolute Gasteiger partial charge is 0.491 e. The molecule has 1 unspecified atom stereocenters. The lowest BCUT2D eigenvalue weighted by Gasteiger charge is -2.10. The Labute approximate surface area is 98.7 Å². The molecule has 0 aliphatic heterocycles. The number of nitrogens with zero attached hydrogens (tertiary/aromatic N) is 1. The Morgan fingerprint density at radius 1 is 1.50 bits per heavy atom. The first-order chi connectivity index (χ1) is 7.70. The molecule has 0 aromatic carbocycles. The van der Waals surface area contributed by atoms with Crippen molar-refractivity contribution in [2.24, 2.45) is 5.92 Å².